The summed E-state index contributed by atoms with van der Waals surface area (Å²) in [5.74, 6) is 10.1. The molecule has 8 heterocycles. The van der Waals surface area contributed by atoms with Crippen LogP contribution in [0.1, 0.15) is 174 Å². The lowest BCUT2D eigenvalue weighted by atomic mass is 9.90. The molecule has 9 fully saturated rings. The molecule has 0 spiro atoms. The molecule has 9 aliphatic rings. The summed E-state index contributed by atoms with van der Waals surface area (Å²) in [6.07, 6.45) is 40.7. The summed E-state index contributed by atoms with van der Waals surface area (Å²) in [4.78, 5) is 56.6. The number of rotatable bonds is 22. The second-order valence-electron chi connectivity index (χ2n) is 26.2. The van der Waals surface area contributed by atoms with Gasteiger partial charge in [-0.2, -0.15) is 0 Å². The van der Waals surface area contributed by atoms with Crippen LogP contribution in [0.25, 0.3) is 0 Å². The van der Waals surface area contributed by atoms with Gasteiger partial charge < -0.3 is 44.2 Å². The Morgan fingerprint density at radius 1 is 0.477 bits per heavy atom. The SMILES string of the molecule is CCCC(=O)N1CCC(OCC[C@@H]2C[C@@H]2C2CCN(c3ncc(Cl)cn3)CC2)CC1.CCCC(=O)O.Clc1cnc(N2CCC([C@H]3C[C@H]3CCOC3CCCCC3)CC2)nc1.Clc1cnc(N2CCC([C@H]3C[C@H]3CCOC3CCNCC3)CC2)nc1. The molecule has 0 bridgehead atoms. The predicted octanol–water partition coefficient (Wildman–Crippen LogP) is 12.9. The second kappa shape index (κ2) is 35.0. The van der Waals surface area contributed by atoms with Crippen molar-refractivity contribution in [1.29, 1.82) is 0 Å². The zero-order chi connectivity index (χ0) is 60.0. The molecule has 4 aliphatic carbocycles. The van der Waals surface area contributed by atoms with Crippen LogP contribution < -0.4 is 20.0 Å². The van der Waals surface area contributed by atoms with Gasteiger partial charge in [-0.1, -0.05) is 67.9 Å². The summed E-state index contributed by atoms with van der Waals surface area (Å²) in [6, 6.07) is 0. The Kier molecular flexibility index (Phi) is 27.2. The highest BCUT2D eigenvalue weighted by atomic mass is 35.5. The van der Waals surface area contributed by atoms with E-state index in [-0.39, 0.29) is 0 Å². The van der Waals surface area contributed by atoms with E-state index in [1.54, 1.807) is 37.2 Å². The molecule has 20 heteroatoms. The number of ether oxygens (including phenoxy) is 3. The van der Waals surface area contributed by atoms with Crippen molar-refractivity contribution < 1.29 is 28.9 Å². The number of carboxylic acid groups (broad SMARTS) is 1. The lowest BCUT2D eigenvalue weighted by molar-refractivity contribution is -0.137. The maximum Gasteiger partial charge on any atom is 0.303 e. The van der Waals surface area contributed by atoms with Gasteiger partial charge in [0.2, 0.25) is 23.8 Å². The molecule has 4 saturated carbocycles. The molecule has 17 nitrogen and oxygen atoms in total. The largest absolute Gasteiger partial charge is 0.481 e. The van der Waals surface area contributed by atoms with Crippen LogP contribution in [0, 0.1) is 53.3 Å². The summed E-state index contributed by atoms with van der Waals surface area (Å²) in [6.45, 7) is 17.1. The summed E-state index contributed by atoms with van der Waals surface area (Å²) < 4.78 is 18.4. The number of halogens is 3. The molecule has 0 radical (unpaired) electrons. The van der Waals surface area contributed by atoms with Gasteiger partial charge >= 0.3 is 5.97 Å². The summed E-state index contributed by atoms with van der Waals surface area (Å²) in [5.41, 5.74) is 0. The minimum atomic E-state index is -0.711. The molecular formula is C66H102Cl3N11O6. The van der Waals surface area contributed by atoms with Gasteiger partial charge in [-0.25, -0.2) is 29.9 Å². The van der Waals surface area contributed by atoms with Crippen LogP contribution in [0.3, 0.4) is 0 Å². The van der Waals surface area contributed by atoms with E-state index < -0.39 is 5.97 Å². The Labute approximate surface area is 528 Å². The molecule has 2 N–H and O–H groups in total. The Hall–Kier alpha value is -3.71. The first kappa shape index (κ1) is 66.7. The number of aromatic nitrogens is 6. The highest BCUT2D eigenvalue weighted by molar-refractivity contribution is 6.30. The van der Waals surface area contributed by atoms with Gasteiger partial charge in [-0.05, 0) is 195 Å². The van der Waals surface area contributed by atoms with Crippen molar-refractivity contribution in [2.75, 3.05) is 100.0 Å². The highest BCUT2D eigenvalue weighted by Gasteiger charge is 2.45. The summed E-state index contributed by atoms with van der Waals surface area (Å²) >= 11 is 17.6. The third kappa shape index (κ3) is 21.8. The third-order valence-corrected chi connectivity index (χ3v) is 20.7. The number of nitrogens with zero attached hydrogens (tertiary/aromatic N) is 10. The Morgan fingerprint density at radius 2 is 0.814 bits per heavy atom. The van der Waals surface area contributed by atoms with E-state index in [9.17, 15) is 9.59 Å². The number of anilines is 3. The maximum absolute atomic E-state index is 12.0. The fourth-order valence-corrected chi connectivity index (χ4v) is 15.0. The molecule has 3 aromatic heterocycles. The van der Waals surface area contributed by atoms with E-state index in [1.807, 2.05) is 11.8 Å². The van der Waals surface area contributed by atoms with Crippen molar-refractivity contribution in [1.82, 2.24) is 40.1 Å². The van der Waals surface area contributed by atoms with Crippen LogP contribution in [-0.4, -0.2) is 155 Å². The number of hydrogen-bond acceptors (Lipinski definition) is 15. The van der Waals surface area contributed by atoms with E-state index in [0.717, 1.165) is 182 Å². The number of aliphatic carboxylic acids is 1. The average molecular weight is 1250 g/mol. The van der Waals surface area contributed by atoms with Crippen LogP contribution in [0.4, 0.5) is 17.8 Å². The fraction of sp³-hybridized carbons (Fsp3) is 0.788. The van der Waals surface area contributed by atoms with Gasteiger partial charge in [0.05, 0.1) is 70.6 Å². The van der Waals surface area contributed by atoms with Crippen LogP contribution in [0.15, 0.2) is 37.2 Å². The van der Waals surface area contributed by atoms with E-state index in [4.69, 9.17) is 54.1 Å². The van der Waals surface area contributed by atoms with Crippen molar-refractivity contribution in [2.45, 2.75) is 193 Å². The molecule has 0 unspecified atom stereocenters. The zero-order valence-corrected chi connectivity index (χ0v) is 54.1. The van der Waals surface area contributed by atoms with Crippen molar-refractivity contribution in [3.63, 3.8) is 0 Å². The molecular weight excluding hydrogens is 1150 g/mol. The zero-order valence-electron chi connectivity index (χ0n) is 51.9. The Balaban J connectivity index is 0.000000148. The van der Waals surface area contributed by atoms with E-state index in [2.05, 4.69) is 56.8 Å². The monoisotopic (exact) mass is 1250 g/mol. The molecule has 6 atom stereocenters. The molecule has 3 aromatic rings. The number of nitrogens with one attached hydrogen (secondary N) is 1. The first-order valence-corrected chi connectivity index (χ1v) is 34.9. The Bertz CT molecular complexity index is 2310. The molecule has 86 heavy (non-hydrogen) atoms. The van der Waals surface area contributed by atoms with Gasteiger partial charge in [0.1, 0.15) is 0 Å². The quantitative estimate of drug-likeness (QED) is 0.0967. The topological polar surface area (TPSA) is 184 Å². The van der Waals surface area contributed by atoms with Gasteiger partial charge in [0, 0.05) is 85.0 Å². The second-order valence-corrected chi connectivity index (χ2v) is 27.5. The number of piperidine rings is 5. The van der Waals surface area contributed by atoms with E-state index in [1.165, 1.54) is 122 Å². The van der Waals surface area contributed by atoms with Crippen molar-refractivity contribution in [2.24, 2.45) is 53.3 Å². The minimum absolute atomic E-state index is 0.292. The Morgan fingerprint density at radius 3 is 1.14 bits per heavy atom. The molecule has 1 amide bonds. The maximum atomic E-state index is 12.0. The minimum Gasteiger partial charge on any atom is -0.481 e. The molecule has 478 valence electrons. The average Bonchev–Trinajstić information content (AvgIpc) is 3.60. The molecule has 5 saturated heterocycles. The lowest BCUT2D eigenvalue weighted by Gasteiger charge is -2.32. The first-order valence-electron chi connectivity index (χ1n) is 33.7. The number of carbonyl (C=O) groups is 2. The third-order valence-electron chi connectivity index (χ3n) is 20.1. The van der Waals surface area contributed by atoms with Crippen LogP contribution >= 0.6 is 34.8 Å². The summed E-state index contributed by atoms with van der Waals surface area (Å²) in [5, 5.41) is 13.1. The van der Waals surface area contributed by atoms with E-state index in [0.29, 0.717) is 52.1 Å². The van der Waals surface area contributed by atoms with Crippen LogP contribution in [0.2, 0.25) is 15.1 Å². The standard InChI is InChI=1S/C23H35ClN4O2.C20H30ClN3O.C19H29ClN4O.C4H8O2/c1-2-3-22(29)27-11-6-20(7-12-27)30-13-8-18-14-21(18)17-4-9-28(10-5-17)23-25-15-19(24)16-26-23;21-17-13-22-20(23-14-17)24-9-6-15(7-10-24)19-12-16(19)8-11-25-18-4-2-1-3-5-18;20-16-12-22-19(23-13-16)24-8-3-14(4-9-24)18-11-15(18)5-10-25-17-1-6-21-7-2-17;1-2-3-4(5)6/h15-18,20-21H,2-14H2,1H3;13-16,18-19H,1-12H2;12-15,17-18,21H,1-11H2;2-3H2,1H3,(H,5,6)/t18-,21-;16-,19-;15-,18-;/m111./s1. The molecule has 0 aromatic carbocycles. The highest BCUT2D eigenvalue weighted by Crippen LogP contribution is 2.52. The van der Waals surface area contributed by atoms with E-state index >= 15 is 0 Å². The summed E-state index contributed by atoms with van der Waals surface area (Å²) in [7, 11) is 0. The van der Waals surface area contributed by atoms with Crippen LogP contribution in [0.5, 0.6) is 0 Å². The number of hydrogen-bond donors (Lipinski definition) is 2. The van der Waals surface area contributed by atoms with Gasteiger partial charge in [0.15, 0.2) is 0 Å². The number of amides is 1. The number of carboxylic acids is 1. The van der Waals surface area contributed by atoms with Gasteiger partial charge in [-0.15, -0.1) is 0 Å². The number of likely N-dealkylation sites (tertiary alicyclic amines) is 1. The van der Waals surface area contributed by atoms with Gasteiger partial charge in [-0.3, -0.25) is 9.59 Å². The van der Waals surface area contributed by atoms with Crippen molar-refractivity contribution in [3.05, 3.63) is 52.2 Å². The predicted molar refractivity (Wildman–Crippen MR) is 342 cm³/mol. The normalized spacial score (nSPS) is 25.9. The molecule has 12 rings (SSSR count). The smallest absolute Gasteiger partial charge is 0.303 e. The first-order chi connectivity index (χ1) is 42.0. The fourth-order valence-electron chi connectivity index (χ4n) is 14.7. The lowest BCUT2D eigenvalue weighted by Crippen LogP contribution is -2.40. The molecule has 5 aliphatic heterocycles. The van der Waals surface area contributed by atoms with Crippen molar-refractivity contribution in [3.8, 4) is 0 Å². The van der Waals surface area contributed by atoms with Crippen molar-refractivity contribution >= 4 is 64.5 Å². The number of carbonyl (C=O) groups excluding carboxylic acids is 1. The van der Waals surface area contributed by atoms with Gasteiger partial charge in [0.25, 0.3) is 0 Å². The van der Waals surface area contributed by atoms with Crippen LogP contribution in [-0.2, 0) is 23.8 Å².